The fourth-order valence-corrected chi connectivity index (χ4v) is 2.30. The molecule has 2 rings (SSSR count). The van der Waals surface area contributed by atoms with Gasteiger partial charge in [0.05, 0.1) is 0 Å². The molecular formula is C15H22O3. The fourth-order valence-electron chi connectivity index (χ4n) is 2.30. The normalized spacial score (nSPS) is 15.0. The summed E-state index contributed by atoms with van der Waals surface area (Å²) in [5.41, 5.74) is 1.41. The lowest BCUT2D eigenvalue weighted by Gasteiger charge is -2.28. The van der Waals surface area contributed by atoms with Gasteiger partial charge in [-0.3, -0.25) is 0 Å². The molecule has 0 saturated carbocycles. The highest BCUT2D eigenvalue weighted by atomic mass is 16.7. The Morgan fingerprint density at radius 2 is 1.61 bits per heavy atom. The van der Waals surface area contributed by atoms with Crippen LogP contribution in [0.1, 0.15) is 52.7 Å². The molecule has 3 nitrogen and oxygen atoms in total. The molecule has 0 atom stereocenters. The van der Waals surface area contributed by atoms with E-state index in [0.29, 0.717) is 11.5 Å². The Hall–Kier alpha value is -1.38. The molecule has 0 saturated heterocycles. The Balaban J connectivity index is 2.76. The second kappa shape index (κ2) is 3.81. The Labute approximate surface area is 109 Å². The van der Waals surface area contributed by atoms with Gasteiger partial charge in [-0.2, -0.15) is 0 Å². The Morgan fingerprint density at radius 1 is 1.00 bits per heavy atom. The predicted molar refractivity (Wildman–Crippen MR) is 71.6 cm³/mol. The van der Waals surface area contributed by atoms with Crippen LogP contribution in [-0.4, -0.2) is 11.9 Å². The van der Waals surface area contributed by atoms with Gasteiger partial charge in [-0.25, -0.2) is 0 Å². The maximum atomic E-state index is 10.6. The minimum atomic E-state index is -0.191. The molecule has 0 spiro atoms. The molecule has 18 heavy (non-hydrogen) atoms. The summed E-state index contributed by atoms with van der Waals surface area (Å²) in [6.45, 7) is 12.7. The van der Waals surface area contributed by atoms with Gasteiger partial charge in [0, 0.05) is 11.1 Å². The first-order valence-corrected chi connectivity index (χ1v) is 6.29. The molecule has 0 aliphatic carbocycles. The number of ether oxygens (including phenoxy) is 2. The molecule has 1 heterocycles. The van der Waals surface area contributed by atoms with Gasteiger partial charge < -0.3 is 14.6 Å². The third-order valence-electron chi connectivity index (χ3n) is 3.19. The molecule has 0 amide bonds. The van der Waals surface area contributed by atoms with Crippen LogP contribution in [0.25, 0.3) is 0 Å². The van der Waals surface area contributed by atoms with Crippen molar-refractivity contribution in [3.8, 4) is 17.2 Å². The maximum absolute atomic E-state index is 10.6. The van der Waals surface area contributed by atoms with Gasteiger partial charge in [0.1, 0.15) is 5.75 Å². The molecule has 100 valence electrons. The number of aromatic hydroxyl groups is 1. The smallest absolute Gasteiger partial charge is 0.231 e. The number of benzene rings is 1. The molecule has 1 aromatic carbocycles. The Morgan fingerprint density at radius 3 is 2.11 bits per heavy atom. The summed E-state index contributed by atoms with van der Waals surface area (Å²) < 4.78 is 11.0. The summed E-state index contributed by atoms with van der Waals surface area (Å²) in [7, 11) is 0. The van der Waals surface area contributed by atoms with Crippen molar-refractivity contribution >= 4 is 0 Å². The fraction of sp³-hybridized carbons (Fsp3) is 0.600. The van der Waals surface area contributed by atoms with Crippen LogP contribution in [0.4, 0.5) is 0 Å². The van der Waals surface area contributed by atoms with Crippen molar-refractivity contribution in [3.05, 3.63) is 17.2 Å². The monoisotopic (exact) mass is 250 g/mol. The van der Waals surface area contributed by atoms with E-state index in [4.69, 9.17) is 9.47 Å². The van der Waals surface area contributed by atoms with E-state index < -0.39 is 0 Å². The highest BCUT2D eigenvalue weighted by molar-refractivity contribution is 5.62. The van der Waals surface area contributed by atoms with Gasteiger partial charge in [-0.1, -0.05) is 41.5 Å². The third kappa shape index (κ3) is 2.02. The summed E-state index contributed by atoms with van der Waals surface area (Å²) in [5, 5.41) is 10.6. The number of rotatable bonds is 0. The molecule has 1 aliphatic heterocycles. The highest BCUT2D eigenvalue weighted by Gasteiger charge is 2.34. The summed E-state index contributed by atoms with van der Waals surface area (Å²) in [6.07, 6.45) is 0. The molecule has 1 aliphatic rings. The Kier molecular flexibility index (Phi) is 2.76. The van der Waals surface area contributed by atoms with E-state index in [2.05, 4.69) is 41.5 Å². The van der Waals surface area contributed by atoms with Crippen LogP contribution in [0.3, 0.4) is 0 Å². The number of fused-ring (bicyclic) bond motifs is 1. The maximum Gasteiger partial charge on any atom is 0.231 e. The molecule has 1 aromatic rings. The van der Waals surface area contributed by atoms with Crippen molar-refractivity contribution in [2.45, 2.75) is 52.4 Å². The zero-order valence-corrected chi connectivity index (χ0v) is 12.0. The van der Waals surface area contributed by atoms with Crippen LogP contribution in [0.2, 0.25) is 0 Å². The number of phenolic OH excluding ortho intramolecular Hbond substituents is 1. The first-order valence-electron chi connectivity index (χ1n) is 6.29. The minimum absolute atomic E-state index is 0.134. The van der Waals surface area contributed by atoms with Gasteiger partial charge in [-0.05, 0) is 16.9 Å². The molecule has 0 bridgehead atoms. The van der Waals surface area contributed by atoms with Crippen molar-refractivity contribution < 1.29 is 14.6 Å². The molecule has 0 fully saturated rings. The molecule has 0 aromatic heterocycles. The van der Waals surface area contributed by atoms with Gasteiger partial charge in [0.25, 0.3) is 0 Å². The first kappa shape index (κ1) is 13.1. The summed E-state index contributed by atoms with van der Waals surface area (Å²) >= 11 is 0. The number of hydrogen-bond acceptors (Lipinski definition) is 3. The summed E-state index contributed by atoms with van der Waals surface area (Å²) in [5.74, 6) is 1.76. The van der Waals surface area contributed by atoms with Crippen molar-refractivity contribution in [1.29, 1.82) is 0 Å². The van der Waals surface area contributed by atoms with Gasteiger partial charge in [0.2, 0.25) is 6.79 Å². The molecule has 1 N–H and O–H groups in total. The average Bonchev–Trinajstić information content (AvgIpc) is 2.59. The average molecular weight is 250 g/mol. The van der Waals surface area contributed by atoms with Gasteiger partial charge >= 0.3 is 0 Å². The van der Waals surface area contributed by atoms with Gasteiger partial charge in [-0.15, -0.1) is 0 Å². The summed E-state index contributed by atoms with van der Waals surface area (Å²) in [4.78, 5) is 0. The summed E-state index contributed by atoms with van der Waals surface area (Å²) in [6, 6.07) is 1.90. The largest absolute Gasteiger partial charge is 0.507 e. The molecule has 3 heteroatoms. The van der Waals surface area contributed by atoms with Crippen LogP contribution < -0.4 is 9.47 Å². The van der Waals surface area contributed by atoms with E-state index in [1.54, 1.807) is 0 Å². The molecular weight excluding hydrogens is 228 g/mol. The van der Waals surface area contributed by atoms with Crippen LogP contribution in [0, 0.1) is 0 Å². The minimum Gasteiger partial charge on any atom is -0.507 e. The van der Waals surface area contributed by atoms with E-state index in [9.17, 15) is 5.11 Å². The van der Waals surface area contributed by atoms with Gasteiger partial charge in [0.15, 0.2) is 11.5 Å². The Bertz CT molecular complexity index is 476. The zero-order valence-electron chi connectivity index (χ0n) is 12.0. The second-order valence-corrected chi connectivity index (χ2v) is 6.88. The van der Waals surface area contributed by atoms with E-state index in [1.165, 1.54) is 0 Å². The standard InChI is InChI=1S/C15H22O3/c1-14(2,3)9-7-10-13(18-8-17-10)11(12(9)16)15(4,5)6/h7,16H,8H2,1-6H3. The van der Waals surface area contributed by atoms with Crippen molar-refractivity contribution in [2.24, 2.45) is 0 Å². The van der Waals surface area contributed by atoms with Crippen molar-refractivity contribution in [1.82, 2.24) is 0 Å². The van der Waals surface area contributed by atoms with Crippen LogP contribution >= 0.6 is 0 Å². The van der Waals surface area contributed by atoms with E-state index >= 15 is 0 Å². The van der Waals surface area contributed by atoms with Crippen molar-refractivity contribution in [2.75, 3.05) is 6.79 Å². The number of phenols is 1. The highest BCUT2D eigenvalue weighted by Crippen LogP contribution is 2.50. The predicted octanol–water partition coefficient (Wildman–Crippen LogP) is 3.72. The lowest BCUT2D eigenvalue weighted by Crippen LogP contribution is -2.17. The third-order valence-corrected chi connectivity index (χ3v) is 3.19. The van der Waals surface area contributed by atoms with E-state index in [1.807, 2.05) is 6.07 Å². The SMILES string of the molecule is CC(C)(C)c1cc2c(c(C(C)(C)C)c1O)OCO2. The van der Waals surface area contributed by atoms with Crippen LogP contribution in [0.15, 0.2) is 6.07 Å². The van der Waals surface area contributed by atoms with Crippen LogP contribution in [-0.2, 0) is 10.8 Å². The molecule has 0 unspecified atom stereocenters. The van der Waals surface area contributed by atoms with E-state index in [-0.39, 0.29) is 17.6 Å². The lowest BCUT2D eigenvalue weighted by molar-refractivity contribution is 0.172. The van der Waals surface area contributed by atoms with Crippen LogP contribution in [0.5, 0.6) is 17.2 Å². The second-order valence-electron chi connectivity index (χ2n) is 6.88. The quantitative estimate of drug-likeness (QED) is 0.762. The first-order chi connectivity index (χ1) is 8.12. The molecule has 0 radical (unpaired) electrons. The van der Waals surface area contributed by atoms with Crippen molar-refractivity contribution in [3.63, 3.8) is 0 Å². The topological polar surface area (TPSA) is 38.7 Å². The number of hydrogen-bond donors (Lipinski definition) is 1. The van der Waals surface area contributed by atoms with E-state index in [0.717, 1.165) is 16.9 Å². The zero-order chi connectivity index (χ0) is 13.7. The lowest BCUT2D eigenvalue weighted by atomic mass is 9.79.